The average Bonchev–Trinajstić information content (AvgIpc) is 2.68. The molecule has 0 bridgehead atoms. The zero-order chi connectivity index (χ0) is 17.3. The van der Waals surface area contributed by atoms with Crippen LogP contribution in [0.5, 0.6) is 0 Å². The van der Waals surface area contributed by atoms with Gasteiger partial charge in [-0.05, 0) is 38.2 Å². The van der Waals surface area contributed by atoms with Crippen LogP contribution in [0.1, 0.15) is 63.4 Å². The van der Waals surface area contributed by atoms with Crippen molar-refractivity contribution in [1.82, 2.24) is 4.98 Å². The Morgan fingerprint density at radius 1 is 1.04 bits per heavy atom. The lowest BCUT2D eigenvalue weighted by Gasteiger charge is -2.58. The second kappa shape index (κ2) is 6.43. The van der Waals surface area contributed by atoms with E-state index >= 15 is 0 Å². The highest BCUT2D eigenvalue weighted by atomic mass is 15.3. The van der Waals surface area contributed by atoms with E-state index in [1.165, 1.54) is 17.7 Å². The molecule has 1 aromatic rings. The summed E-state index contributed by atoms with van der Waals surface area (Å²) in [4.78, 5) is 5.52. The number of nitrogens with zero attached hydrogens (tertiary/aromatic N) is 3. The summed E-state index contributed by atoms with van der Waals surface area (Å²) in [5.41, 5.74) is 0.368. The first-order valence-corrected chi connectivity index (χ1v) is 9.83. The zero-order valence-electron chi connectivity index (χ0n) is 14.9. The summed E-state index contributed by atoms with van der Waals surface area (Å²) >= 11 is 0. The molecule has 4 atom stereocenters. The fourth-order valence-electron chi connectivity index (χ4n) is 6.12. The number of hydrogen-bond donors (Lipinski definition) is 1. The Hall–Kier alpha value is -1.91. The molecule has 4 nitrogen and oxygen atoms in total. The lowest BCUT2D eigenvalue weighted by molar-refractivity contribution is -1.01. The summed E-state index contributed by atoms with van der Waals surface area (Å²) in [6, 6.07) is 9.61. The van der Waals surface area contributed by atoms with Crippen LogP contribution < -0.4 is 4.90 Å². The molecule has 2 saturated carbocycles. The first kappa shape index (κ1) is 16.6. The number of aromatic nitrogens is 1. The molecule has 0 aromatic carbocycles. The summed E-state index contributed by atoms with van der Waals surface area (Å²) in [5, 5.41) is 20.7. The lowest BCUT2D eigenvalue weighted by atomic mass is 9.57. The first-order chi connectivity index (χ1) is 12.2. The van der Waals surface area contributed by atoms with Crippen LogP contribution in [0.4, 0.5) is 0 Å². The molecule has 4 rings (SSSR count). The number of rotatable bonds is 2. The van der Waals surface area contributed by atoms with E-state index in [1.807, 2.05) is 12.3 Å². The standard InChI is InChI=1S/C21H26N4/c22-15-20-9-3-1-7-18(20)12-19-8-2-4-10-21(19,16-23)25(20)14-17-6-5-11-24-13-17/h5-6,11,13,18-19H,1-4,7-10,12,14H2/p+1/t18-,19-,20-,21-/m1/s1. The number of fused-ring (bicyclic) bond motifs is 2. The molecule has 25 heavy (non-hydrogen) atoms. The van der Waals surface area contributed by atoms with Gasteiger partial charge in [-0.25, -0.2) is 0 Å². The molecule has 2 heterocycles. The van der Waals surface area contributed by atoms with E-state index in [4.69, 9.17) is 0 Å². The molecule has 2 aliphatic carbocycles. The summed E-state index contributed by atoms with van der Waals surface area (Å²) in [7, 11) is 0. The van der Waals surface area contributed by atoms with Crippen LogP contribution in [0.15, 0.2) is 24.5 Å². The van der Waals surface area contributed by atoms with Gasteiger partial charge in [0.15, 0.2) is 11.1 Å². The minimum absolute atomic E-state index is 0.391. The summed E-state index contributed by atoms with van der Waals surface area (Å²) in [6.45, 7) is 0.752. The minimum Gasteiger partial charge on any atom is -0.297 e. The number of nitriles is 2. The largest absolute Gasteiger partial charge is 0.297 e. The molecule has 0 unspecified atom stereocenters. The third kappa shape index (κ3) is 2.47. The molecular formula is C21H27N4+. The molecule has 0 amide bonds. The quantitative estimate of drug-likeness (QED) is 0.904. The van der Waals surface area contributed by atoms with Gasteiger partial charge in [-0.1, -0.05) is 18.9 Å². The summed E-state index contributed by atoms with van der Waals surface area (Å²) in [6.07, 6.45) is 13.7. The molecule has 3 fully saturated rings. The highest BCUT2D eigenvalue weighted by Crippen LogP contribution is 2.47. The van der Waals surface area contributed by atoms with E-state index in [-0.39, 0.29) is 0 Å². The zero-order valence-corrected chi connectivity index (χ0v) is 14.9. The van der Waals surface area contributed by atoms with Crippen molar-refractivity contribution in [3.05, 3.63) is 30.1 Å². The SMILES string of the molecule is N#C[C@]12CCCC[C@@H]1C[C@H]1CCCC[C@]1(C#N)[NH+]2Cc1cccnc1. The fraction of sp³-hybridized carbons (Fsp3) is 0.667. The second-order valence-electron chi connectivity index (χ2n) is 8.30. The molecule has 3 aliphatic rings. The van der Waals surface area contributed by atoms with E-state index in [1.54, 1.807) is 6.20 Å². The van der Waals surface area contributed by atoms with Crippen LogP contribution in [0.25, 0.3) is 0 Å². The Kier molecular flexibility index (Phi) is 4.26. The van der Waals surface area contributed by atoms with Gasteiger partial charge in [-0.15, -0.1) is 0 Å². The molecule has 130 valence electrons. The monoisotopic (exact) mass is 335 g/mol. The Labute approximate surface area is 150 Å². The number of quaternary nitrogens is 1. The number of hydrogen-bond acceptors (Lipinski definition) is 3. The predicted octanol–water partition coefficient (Wildman–Crippen LogP) is 2.78. The van der Waals surface area contributed by atoms with Crippen LogP contribution in [-0.4, -0.2) is 16.1 Å². The van der Waals surface area contributed by atoms with Gasteiger partial charge in [-0.2, -0.15) is 10.5 Å². The lowest BCUT2D eigenvalue weighted by Crippen LogP contribution is -3.28. The van der Waals surface area contributed by atoms with Gasteiger partial charge < -0.3 is 0 Å². The van der Waals surface area contributed by atoms with Crippen molar-refractivity contribution in [2.24, 2.45) is 11.8 Å². The maximum Gasteiger partial charge on any atom is 0.189 e. The van der Waals surface area contributed by atoms with Crippen molar-refractivity contribution in [1.29, 1.82) is 10.5 Å². The highest BCUT2D eigenvalue weighted by Gasteiger charge is 2.65. The average molecular weight is 335 g/mol. The fourth-order valence-corrected chi connectivity index (χ4v) is 6.12. The van der Waals surface area contributed by atoms with Crippen molar-refractivity contribution in [2.75, 3.05) is 0 Å². The molecule has 1 aromatic heterocycles. The Morgan fingerprint density at radius 2 is 1.68 bits per heavy atom. The van der Waals surface area contributed by atoms with Crippen molar-refractivity contribution in [3.63, 3.8) is 0 Å². The van der Waals surface area contributed by atoms with Crippen LogP contribution >= 0.6 is 0 Å². The number of piperidine rings is 1. The van der Waals surface area contributed by atoms with E-state index in [0.717, 1.165) is 57.1 Å². The molecule has 0 spiro atoms. The number of nitrogens with one attached hydrogen (secondary N) is 1. The van der Waals surface area contributed by atoms with Gasteiger partial charge in [0.2, 0.25) is 0 Å². The van der Waals surface area contributed by atoms with Gasteiger partial charge in [0.05, 0.1) is 0 Å². The molecule has 1 saturated heterocycles. The van der Waals surface area contributed by atoms with Crippen molar-refractivity contribution in [3.8, 4) is 12.1 Å². The van der Waals surface area contributed by atoms with Gasteiger partial charge in [0.25, 0.3) is 0 Å². The molecule has 4 heteroatoms. The molecule has 0 radical (unpaired) electrons. The minimum atomic E-state index is -0.391. The van der Waals surface area contributed by atoms with Crippen LogP contribution in [0.3, 0.4) is 0 Å². The molecule has 1 aliphatic heterocycles. The summed E-state index contributed by atoms with van der Waals surface area (Å²) < 4.78 is 0. The first-order valence-electron chi connectivity index (χ1n) is 9.83. The van der Waals surface area contributed by atoms with Crippen molar-refractivity contribution in [2.45, 2.75) is 75.4 Å². The number of pyridine rings is 1. The predicted molar refractivity (Wildman–Crippen MR) is 94.1 cm³/mol. The van der Waals surface area contributed by atoms with Gasteiger partial charge in [-0.3, -0.25) is 9.88 Å². The van der Waals surface area contributed by atoms with Gasteiger partial charge in [0, 0.05) is 42.6 Å². The Balaban J connectivity index is 1.81. The van der Waals surface area contributed by atoms with Crippen LogP contribution in [0, 0.1) is 34.5 Å². The van der Waals surface area contributed by atoms with Gasteiger partial charge in [0.1, 0.15) is 18.7 Å². The normalized spacial score (nSPS) is 40.2. The Morgan fingerprint density at radius 3 is 2.20 bits per heavy atom. The maximum absolute atomic E-state index is 10.3. The van der Waals surface area contributed by atoms with Gasteiger partial charge >= 0.3 is 0 Å². The van der Waals surface area contributed by atoms with E-state index in [9.17, 15) is 10.5 Å². The van der Waals surface area contributed by atoms with E-state index in [0.29, 0.717) is 11.8 Å². The third-order valence-electron chi connectivity index (χ3n) is 7.29. The topological polar surface area (TPSA) is 64.9 Å². The number of likely N-dealkylation sites (tertiary alicyclic amines) is 1. The summed E-state index contributed by atoms with van der Waals surface area (Å²) in [5.74, 6) is 0.894. The highest BCUT2D eigenvalue weighted by molar-refractivity contribution is 5.19. The molecule has 1 N–H and O–H groups in total. The molecular weight excluding hydrogens is 308 g/mol. The maximum atomic E-state index is 10.3. The van der Waals surface area contributed by atoms with E-state index in [2.05, 4.69) is 23.2 Å². The second-order valence-corrected chi connectivity index (χ2v) is 8.30. The third-order valence-corrected chi connectivity index (χ3v) is 7.29. The van der Waals surface area contributed by atoms with Crippen LogP contribution in [-0.2, 0) is 6.54 Å². The van der Waals surface area contributed by atoms with Crippen molar-refractivity contribution >= 4 is 0 Å². The Bertz CT molecular complexity index is 663. The smallest absolute Gasteiger partial charge is 0.189 e. The van der Waals surface area contributed by atoms with E-state index < -0.39 is 11.1 Å². The van der Waals surface area contributed by atoms with Crippen molar-refractivity contribution < 1.29 is 4.90 Å². The van der Waals surface area contributed by atoms with Crippen LogP contribution in [0.2, 0.25) is 0 Å².